The van der Waals surface area contributed by atoms with Crippen LogP contribution in [0, 0.1) is 5.92 Å². The molecule has 22 heavy (non-hydrogen) atoms. The van der Waals surface area contributed by atoms with Crippen LogP contribution in [0.25, 0.3) is 0 Å². The Hall–Kier alpha value is -1.70. The number of halogens is 1. The van der Waals surface area contributed by atoms with Crippen molar-refractivity contribution in [3.8, 4) is 0 Å². The Labute approximate surface area is 129 Å². The second-order valence-electron chi connectivity index (χ2n) is 6.28. The number of carbonyl (C=O) groups excluding carboxylic acids is 3. The summed E-state index contributed by atoms with van der Waals surface area (Å²) in [7, 11) is 3.33. The van der Waals surface area contributed by atoms with Gasteiger partial charge in [-0.05, 0) is 6.42 Å². The van der Waals surface area contributed by atoms with Crippen molar-refractivity contribution in [2.45, 2.75) is 25.1 Å². The maximum absolute atomic E-state index is 13.6. The summed E-state index contributed by atoms with van der Waals surface area (Å²) < 4.78 is 13.6. The first-order valence-electron chi connectivity index (χ1n) is 7.43. The van der Waals surface area contributed by atoms with Gasteiger partial charge in [-0.2, -0.15) is 0 Å². The fourth-order valence-corrected chi connectivity index (χ4v) is 3.25. The van der Waals surface area contributed by atoms with Crippen LogP contribution in [0.3, 0.4) is 0 Å². The highest BCUT2D eigenvalue weighted by Gasteiger charge is 2.37. The average molecular weight is 314 g/mol. The number of primary amides is 1. The molecule has 2 saturated heterocycles. The van der Waals surface area contributed by atoms with E-state index in [4.69, 9.17) is 5.73 Å². The van der Waals surface area contributed by atoms with Crippen LogP contribution in [0.5, 0.6) is 0 Å². The molecule has 0 radical (unpaired) electrons. The van der Waals surface area contributed by atoms with Crippen molar-refractivity contribution < 1.29 is 18.8 Å². The molecule has 2 rings (SSSR count). The van der Waals surface area contributed by atoms with E-state index in [1.807, 2.05) is 0 Å². The Kier molecular flexibility index (Phi) is 5.00. The average Bonchev–Trinajstić information content (AvgIpc) is 2.92. The van der Waals surface area contributed by atoms with Gasteiger partial charge < -0.3 is 15.5 Å². The van der Waals surface area contributed by atoms with E-state index in [-0.39, 0.29) is 49.7 Å². The number of hydrogen-bond donors (Lipinski definition) is 1. The summed E-state index contributed by atoms with van der Waals surface area (Å²) in [6.07, 6.45) is -0.498. The van der Waals surface area contributed by atoms with Crippen molar-refractivity contribution in [1.29, 1.82) is 0 Å². The number of nitrogens with two attached hydrogens (primary N) is 1. The quantitative estimate of drug-likeness (QED) is 0.692. The van der Waals surface area contributed by atoms with E-state index in [9.17, 15) is 18.8 Å². The summed E-state index contributed by atoms with van der Waals surface area (Å²) in [4.78, 5) is 39.7. The summed E-state index contributed by atoms with van der Waals surface area (Å²) in [6.45, 7) is 0.919. The molecule has 0 aromatic rings. The van der Waals surface area contributed by atoms with Gasteiger partial charge in [-0.25, -0.2) is 4.39 Å². The normalized spacial score (nSPS) is 29.1. The molecule has 0 aromatic heterocycles. The highest BCUT2D eigenvalue weighted by molar-refractivity contribution is 5.89. The van der Waals surface area contributed by atoms with E-state index < -0.39 is 12.1 Å². The van der Waals surface area contributed by atoms with E-state index in [0.29, 0.717) is 13.1 Å². The Bertz CT molecular complexity index is 473. The minimum atomic E-state index is -1.01. The highest BCUT2D eigenvalue weighted by Crippen LogP contribution is 2.23. The number of alkyl halides is 1. The first-order chi connectivity index (χ1) is 10.3. The van der Waals surface area contributed by atoms with Gasteiger partial charge in [0.25, 0.3) is 0 Å². The van der Waals surface area contributed by atoms with Gasteiger partial charge in [0.15, 0.2) is 0 Å². The van der Waals surface area contributed by atoms with Crippen LogP contribution < -0.4 is 5.73 Å². The van der Waals surface area contributed by atoms with Crippen LogP contribution in [-0.4, -0.2) is 84.9 Å². The largest absolute Gasteiger partial charge is 0.369 e. The molecule has 0 spiro atoms. The molecule has 3 amide bonds. The fraction of sp³-hybridized carbons (Fsp3) is 0.786. The zero-order chi connectivity index (χ0) is 16.4. The molecule has 2 fully saturated rings. The third kappa shape index (κ3) is 3.73. The molecular formula is C14H23FN4O3. The number of amides is 3. The van der Waals surface area contributed by atoms with E-state index in [1.165, 1.54) is 4.90 Å². The van der Waals surface area contributed by atoms with E-state index in [1.54, 1.807) is 23.9 Å². The van der Waals surface area contributed by atoms with Crippen molar-refractivity contribution >= 4 is 17.7 Å². The van der Waals surface area contributed by atoms with Crippen molar-refractivity contribution in [2.24, 2.45) is 11.7 Å². The summed E-state index contributed by atoms with van der Waals surface area (Å²) in [5.41, 5.74) is 5.17. The fourth-order valence-electron chi connectivity index (χ4n) is 3.25. The Morgan fingerprint density at radius 2 is 2.09 bits per heavy atom. The molecule has 7 nitrogen and oxygen atoms in total. The van der Waals surface area contributed by atoms with Crippen molar-refractivity contribution in [3.63, 3.8) is 0 Å². The lowest BCUT2D eigenvalue weighted by molar-refractivity contribution is -0.135. The maximum Gasteiger partial charge on any atom is 0.231 e. The van der Waals surface area contributed by atoms with Gasteiger partial charge in [0.05, 0.1) is 12.5 Å². The number of hydrogen-bond acceptors (Lipinski definition) is 4. The summed E-state index contributed by atoms with van der Waals surface area (Å²) in [5.74, 6) is -0.989. The van der Waals surface area contributed by atoms with E-state index >= 15 is 0 Å². The predicted molar refractivity (Wildman–Crippen MR) is 77.4 cm³/mol. The molecule has 2 N–H and O–H groups in total. The minimum Gasteiger partial charge on any atom is -0.369 e. The zero-order valence-corrected chi connectivity index (χ0v) is 13.0. The molecular weight excluding hydrogens is 291 g/mol. The maximum atomic E-state index is 13.6. The lowest BCUT2D eigenvalue weighted by atomic mass is 10.1. The highest BCUT2D eigenvalue weighted by atomic mass is 19.1. The second kappa shape index (κ2) is 6.60. The first-order valence-corrected chi connectivity index (χ1v) is 7.43. The predicted octanol–water partition coefficient (Wildman–Crippen LogP) is -1.18. The molecule has 3 atom stereocenters. The summed E-state index contributed by atoms with van der Waals surface area (Å²) >= 11 is 0. The molecule has 2 heterocycles. The molecule has 0 bridgehead atoms. The molecule has 0 aromatic carbocycles. The minimum absolute atomic E-state index is 0.00221. The monoisotopic (exact) mass is 314 g/mol. The zero-order valence-electron chi connectivity index (χ0n) is 13.0. The van der Waals surface area contributed by atoms with Crippen LogP contribution in [0.4, 0.5) is 4.39 Å². The van der Waals surface area contributed by atoms with Gasteiger partial charge in [-0.1, -0.05) is 0 Å². The molecule has 2 aliphatic heterocycles. The SMILES string of the molecule is CN1C[C@@H](C(=O)N(C)C[C@@H]2C[C@H](F)CN2CC(N)=O)CC1=O. The van der Waals surface area contributed by atoms with Crippen LogP contribution in [0.1, 0.15) is 12.8 Å². The van der Waals surface area contributed by atoms with Crippen LogP contribution in [0.2, 0.25) is 0 Å². The van der Waals surface area contributed by atoms with Gasteiger partial charge in [0, 0.05) is 46.2 Å². The number of carbonyl (C=O) groups is 3. The first kappa shape index (κ1) is 16.7. The van der Waals surface area contributed by atoms with E-state index in [0.717, 1.165) is 0 Å². The topological polar surface area (TPSA) is 86.9 Å². The lowest BCUT2D eigenvalue weighted by Crippen LogP contribution is -2.45. The van der Waals surface area contributed by atoms with Crippen molar-refractivity contribution in [2.75, 3.05) is 40.3 Å². The van der Waals surface area contributed by atoms with Crippen LogP contribution in [-0.2, 0) is 14.4 Å². The number of likely N-dealkylation sites (tertiary alicyclic amines) is 2. The standard InChI is InChI=1S/C14H23FN4O3/c1-17-5-9(3-13(17)21)14(22)18(2)7-11-4-10(15)6-19(11)8-12(16)20/h9-11H,3-8H2,1-2H3,(H2,16,20)/t9-,10-,11-/m0/s1. The Morgan fingerprint density at radius 3 is 2.64 bits per heavy atom. The molecule has 8 heteroatoms. The molecule has 124 valence electrons. The van der Waals surface area contributed by atoms with Gasteiger partial charge in [0.1, 0.15) is 6.17 Å². The van der Waals surface area contributed by atoms with Crippen molar-refractivity contribution in [1.82, 2.24) is 14.7 Å². The molecule has 0 unspecified atom stereocenters. The molecule has 2 aliphatic rings. The number of likely N-dealkylation sites (N-methyl/N-ethyl adjacent to an activating group) is 1. The van der Waals surface area contributed by atoms with Gasteiger partial charge in [-0.15, -0.1) is 0 Å². The van der Waals surface area contributed by atoms with Gasteiger partial charge in [0.2, 0.25) is 17.7 Å². The third-order valence-electron chi connectivity index (χ3n) is 4.39. The Balaban J connectivity index is 1.92. The molecule has 0 aliphatic carbocycles. The molecule has 0 saturated carbocycles. The van der Waals surface area contributed by atoms with Crippen LogP contribution in [0.15, 0.2) is 0 Å². The summed E-state index contributed by atoms with van der Waals surface area (Å²) in [5, 5.41) is 0. The second-order valence-corrected chi connectivity index (χ2v) is 6.28. The number of nitrogens with zero attached hydrogens (tertiary/aromatic N) is 3. The smallest absolute Gasteiger partial charge is 0.231 e. The van der Waals surface area contributed by atoms with Crippen LogP contribution >= 0.6 is 0 Å². The lowest BCUT2D eigenvalue weighted by Gasteiger charge is -2.28. The third-order valence-corrected chi connectivity index (χ3v) is 4.39. The Morgan fingerprint density at radius 1 is 1.41 bits per heavy atom. The van der Waals surface area contributed by atoms with Crippen molar-refractivity contribution in [3.05, 3.63) is 0 Å². The van der Waals surface area contributed by atoms with Gasteiger partial charge >= 0.3 is 0 Å². The van der Waals surface area contributed by atoms with E-state index in [2.05, 4.69) is 0 Å². The number of rotatable bonds is 5. The summed E-state index contributed by atoms with van der Waals surface area (Å²) in [6, 6.07) is -0.216. The van der Waals surface area contributed by atoms with Gasteiger partial charge in [-0.3, -0.25) is 19.3 Å².